The van der Waals surface area contributed by atoms with Crippen LogP contribution in [0.25, 0.3) is 0 Å². The molecular weight excluding hydrogens is 246 g/mol. The largest absolute Gasteiger partial charge is 0.624 e. The number of methoxy groups -OCH3 is 1. The number of rotatable bonds is 2. The Bertz CT molecular complexity index is 474. The van der Waals surface area contributed by atoms with Crippen molar-refractivity contribution in [3.05, 3.63) is 41.1 Å². The molecule has 1 aromatic rings. The van der Waals surface area contributed by atoms with Crippen molar-refractivity contribution in [1.82, 2.24) is 0 Å². The maximum absolute atomic E-state index is 12.8. The van der Waals surface area contributed by atoms with Crippen molar-refractivity contribution in [2.45, 2.75) is 25.3 Å². The molecule has 2 rings (SSSR count). The molecule has 5 heteroatoms. The molecule has 1 saturated heterocycles. The summed E-state index contributed by atoms with van der Waals surface area (Å²) in [5.74, 6) is -1.16. The van der Waals surface area contributed by atoms with Gasteiger partial charge in [-0.25, -0.2) is 9.59 Å². The molecule has 0 aromatic heterocycles. The Morgan fingerprint density at radius 3 is 2.58 bits per heavy atom. The van der Waals surface area contributed by atoms with E-state index >= 15 is 0 Å². The first-order chi connectivity index (χ1) is 9.09. The minimum Gasteiger partial charge on any atom is -0.624 e. The predicted molar refractivity (Wildman–Crippen MR) is 68.9 cm³/mol. The van der Waals surface area contributed by atoms with Gasteiger partial charge >= 0.3 is 11.9 Å². The number of hydrogen-bond donors (Lipinski definition) is 0. The van der Waals surface area contributed by atoms with Crippen LogP contribution in [0.15, 0.2) is 30.3 Å². The lowest BCUT2D eigenvalue weighted by atomic mass is 10.00. The zero-order chi connectivity index (χ0) is 13.9. The molecule has 0 bridgehead atoms. The Labute approximate surface area is 111 Å². The van der Waals surface area contributed by atoms with Crippen LogP contribution in [0.5, 0.6) is 0 Å². The summed E-state index contributed by atoms with van der Waals surface area (Å²) >= 11 is 0. The third-order valence-electron chi connectivity index (χ3n) is 3.56. The van der Waals surface area contributed by atoms with E-state index in [1.165, 1.54) is 7.11 Å². The molecular formula is C14H17NO4. The number of amides is 1. The number of carbonyl (C=O) groups excluding carboxylic acids is 2. The van der Waals surface area contributed by atoms with Crippen molar-refractivity contribution < 1.29 is 19.0 Å². The Morgan fingerprint density at radius 1 is 1.26 bits per heavy atom. The molecule has 19 heavy (non-hydrogen) atoms. The van der Waals surface area contributed by atoms with E-state index in [1.807, 2.05) is 0 Å². The zero-order valence-corrected chi connectivity index (χ0v) is 10.9. The van der Waals surface area contributed by atoms with Crippen molar-refractivity contribution in [2.75, 3.05) is 13.7 Å². The predicted octanol–water partition coefficient (Wildman–Crippen LogP) is 1.87. The highest BCUT2D eigenvalue weighted by atomic mass is 16.6. The molecule has 1 aliphatic rings. The number of likely N-dealkylation sites (tertiary alicyclic amines) is 1. The van der Waals surface area contributed by atoms with Crippen LogP contribution in [-0.2, 0) is 9.53 Å². The topological polar surface area (TPSA) is 66.4 Å². The Hall–Kier alpha value is -1.72. The summed E-state index contributed by atoms with van der Waals surface area (Å²) in [5, 5.41) is 12.8. The molecule has 102 valence electrons. The molecule has 0 saturated carbocycles. The number of hydrogen-bond acceptors (Lipinski definition) is 4. The van der Waals surface area contributed by atoms with Gasteiger partial charge in [-0.3, -0.25) is 4.65 Å². The molecule has 0 radical (unpaired) electrons. The number of piperidine rings is 1. The van der Waals surface area contributed by atoms with Crippen LogP contribution in [0.1, 0.15) is 29.6 Å². The van der Waals surface area contributed by atoms with Crippen LogP contribution in [0.4, 0.5) is 0 Å². The van der Waals surface area contributed by atoms with Crippen LogP contribution in [0, 0.1) is 5.21 Å². The maximum atomic E-state index is 12.8. The second-order valence-corrected chi connectivity index (χ2v) is 4.73. The van der Waals surface area contributed by atoms with Gasteiger partial charge in [-0.2, -0.15) is 0 Å². The van der Waals surface area contributed by atoms with Gasteiger partial charge in [0.1, 0.15) is 0 Å². The van der Waals surface area contributed by atoms with E-state index in [-0.39, 0.29) is 6.54 Å². The lowest BCUT2D eigenvalue weighted by molar-refractivity contribution is -0.822. The van der Waals surface area contributed by atoms with Gasteiger partial charge in [0.05, 0.1) is 19.2 Å². The molecule has 1 heterocycles. The van der Waals surface area contributed by atoms with Gasteiger partial charge in [0.2, 0.25) is 0 Å². The Morgan fingerprint density at radius 2 is 1.95 bits per heavy atom. The summed E-state index contributed by atoms with van der Waals surface area (Å²) in [7, 11) is 1.24. The minimum atomic E-state index is -1.13. The normalized spacial score (nSPS) is 26.7. The highest BCUT2D eigenvalue weighted by Gasteiger charge is 2.44. The molecule has 5 nitrogen and oxygen atoms in total. The lowest BCUT2D eigenvalue weighted by Crippen LogP contribution is -2.60. The number of carbonyl (C=O) groups is 2. The first-order valence-electron chi connectivity index (χ1n) is 6.36. The molecule has 0 N–H and O–H groups in total. The average Bonchev–Trinajstić information content (AvgIpc) is 2.47. The summed E-state index contributed by atoms with van der Waals surface area (Å²) < 4.78 is 3.54. The van der Waals surface area contributed by atoms with Crippen molar-refractivity contribution >= 4 is 11.9 Å². The average molecular weight is 263 g/mol. The van der Waals surface area contributed by atoms with Crippen LogP contribution in [0.3, 0.4) is 0 Å². The summed E-state index contributed by atoms with van der Waals surface area (Å²) in [5.41, 5.74) is 0.341. The third kappa shape index (κ3) is 2.52. The molecule has 1 aromatic carbocycles. The fourth-order valence-electron chi connectivity index (χ4n) is 2.52. The van der Waals surface area contributed by atoms with Gasteiger partial charge in [0.15, 0.2) is 6.04 Å². The van der Waals surface area contributed by atoms with Crippen LogP contribution in [0.2, 0.25) is 0 Å². The molecule has 0 aliphatic carbocycles. The van der Waals surface area contributed by atoms with E-state index in [4.69, 9.17) is 0 Å². The number of hydroxylamine groups is 3. The zero-order valence-electron chi connectivity index (χ0n) is 10.9. The van der Waals surface area contributed by atoms with Crippen LogP contribution >= 0.6 is 0 Å². The van der Waals surface area contributed by atoms with Crippen molar-refractivity contribution in [3.8, 4) is 0 Å². The van der Waals surface area contributed by atoms with Crippen molar-refractivity contribution in [1.29, 1.82) is 0 Å². The number of quaternary nitrogens is 1. The monoisotopic (exact) mass is 263 g/mol. The standard InChI is InChI=1S/C14H17NO4/c1-19-14(17)12-9-5-6-10-15(12,18)13(16)11-7-3-2-4-8-11/h2-4,7-8,12H,5-6,9-10H2,1H3. The number of benzene rings is 1. The fraction of sp³-hybridized carbons (Fsp3) is 0.429. The van der Waals surface area contributed by atoms with Gasteiger partial charge in [0, 0.05) is 6.42 Å². The number of nitrogens with zero attached hydrogens (tertiary/aromatic N) is 1. The van der Waals surface area contributed by atoms with E-state index in [1.54, 1.807) is 30.3 Å². The van der Waals surface area contributed by atoms with Crippen molar-refractivity contribution in [3.63, 3.8) is 0 Å². The third-order valence-corrected chi connectivity index (χ3v) is 3.56. The second kappa shape index (κ2) is 5.50. The maximum Gasteiger partial charge on any atom is 0.365 e. The summed E-state index contributed by atoms with van der Waals surface area (Å²) in [6.07, 6.45) is 1.81. The molecule has 2 unspecified atom stereocenters. The van der Waals surface area contributed by atoms with E-state index in [0.29, 0.717) is 18.4 Å². The van der Waals surface area contributed by atoms with Gasteiger partial charge in [0.25, 0.3) is 0 Å². The van der Waals surface area contributed by atoms with E-state index in [9.17, 15) is 14.8 Å². The fourth-order valence-corrected chi connectivity index (χ4v) is 2.52. The van der Waals surface area contributed by atoms with E-state index in [0.717, 1.165) is 6.42 Å². The Balaban J connectivity index is 2.32. The highest BCUT2D eigenvalue weighted by Crippen LogP contribution is 2.28. The minimum absolute atomic E-state index is 0.132. The molecule has 1 aliphatic heterocycles. The van der Waals surface area contributed by atoms with Gasteiger partial charge < -0.3 is 9.94 Å². The molecule has 1 amide bonds. The molecule has 2 atom stereocenters. The molecule has 1 fully saturated rings. The molecule has 0 spiro atoms. The number of ether oxygens (including phenoxy) is 1. The summed E-state index contributed by atoms with van der Waals surface area (Å²) in [6.45, 7) is 0.132. The quantitative estimate of drug-likeness (QED) is 0.464. The SMILES string of the molecule is COC(=O)C1CCCC[N+]1([O-])C(=O)c1ccccc1. The lowest BCUT2D eigenvalue weighted by Gasteiger charge is -2.47. The van der Waals surface area contributed by atoms with Crippen LogP contribution in [-0.4, -0.2) is 36.2 Å². The van der Waals surface area contributed by atoms with Crippen molar-refractivity contribution in [2.24, 2.45) is 0 Å². The summed E-state index contributed by atoms with van der Waals surface area (Å²) in [4.78, 5) is 24.1. The second-order valence-electron chi connectivity index (χ2n) is 4.73. The Kier molecular flexibility index (Phi) is 3.97. The van der Waals surface area contributed by atoms with Gasteiger partial charge in [-0.05, 0) is 25.0 Å². The smallest absolute Gasteiger partial charge is 0.365 e. The van der Waals surface area contributed by atoms with E-state index < -0.39 is 22.6 Å². The summed E-state index contributed by atoms with van der Waals surface area (Å²) in [6, 6.07) is 7.45. The number of esters is 1. The van der Waals surface area contributed by atoms with Gasteiger partial charge in [-0.1, -0.05) is 18.2 Å². The first-order valence-corrected chi connectivity index (χ1v) is 6.36. The van der Waals surface area contributed by atoms with E-state index in [2.05, 4.69) is 4.74 Å². The van der Waals surface area contributed by atoms with Gasteiger partial charge in [-0.15, -0.1) is 0 Å². The highest BCUT2D eigenvalue weighted by molar-refractivity contribution is 5.91. The first kappa shape index (κ1) is 13.7. The van der Waals surface area contributed by atoms with Crippen LogP contribution < -0.4 is 0 Å².